The predicted octanol–water partition coefficient (Wildman–Crippen LogP) is 5.66. The molecular weight excluding hydrogens is 353 g/mol. The maximum atomic E-state index is 12.9. The molecule has 0 spiro atoms. The molecule has 0 aliphatic heterocycles. The second-order valence-electron chi connectivity index (χ2n) is 6.14. The molecule has 2 N–H and O–H groups in total. The van der Waals surface area contributed by atoms with E-state index in [-0.39, 0.29) is 16.7 Å². The van der Waals surface area contributed by atoms with Crippen LogP contribution in [0.3, 0.4) is 0 Å². The summed E-state index contributed by atoms with van der Waals surface area (Å²) in [6, 6.07) is 5.38. The van der Waals surface area contributed by atoms with Gasteiger partial charge in [-0.15, -0.1) is 0 Å². The number of hydrogen-bond donors (Lipinski definition) is 2. The van der Waals surface area contributed by atoms with Gasteiger partial charge in [-0.25, -0.2) is 4.98 Å². The zero-order chi connectivity index (χ0) is 18.6. The molecule has 0 saturated carbocycles. The lowest BCUT2D eigenvalue weighted by molar-refractivity contribution is -0.137. The summed E-state index contributed by atoms with van der Waals surface area (Å²) >= 11 is 5.63. The number of aryl methyl sites for hydroxylation is 1. The zero-order valence-electron chi connectivity index (χ0n) is 14.2. The highest BCUT2D eigenvalue weighted by Gasteiger charge is 2.33. The Labute approximate surface area is 149 Å². The first-order valence-corrected chi connectivity index (χ1v) is 8.26. The van der Waals surface area contributed by atoms with Crippen molar-refractivity contribution in [2.75, 3.05) is 17.2 Å². The molecule has 0 atom stereocenters. The summed E-state index contributed by atoms with van der Waals surface area (Å²) in [4.78, 5) is 8.50. The number of hydrogen-bond acceptors (Lipinski definition) is 4. The number of benzene rings is 1. The van der Waals surface area contributed by atoms with Crippen LogP contribution in [0.2, 0.25) is 5.02 Å². The van der Waals surface area contributed by atoms with Crippen LogP contribution in [0.1, 0.15) is 31.5 Å². The van der Waals surface area contributed by atoms with Crippen molar-refractivity contribution in [2.24, 2.45) is 5.92 Å². The smallest absolute Gasteiger partial charge is 0.370 e. The van der Waals surface area contributed by atoms with Crippen LogP contribution < -0.4 is 10.6 Å². The SMILES string of the molecule is Cc1cc(NCCC(C)C)nc(Nc2ccc(Cl)c(C(F)(F)F)c2)n1. The predicted molar refractivity (Wildman–Crippen MR) is 94.5 cm³/mol. The van der Waals surface area contributed by atoms with Crippen LogP contribution in [0.4, 0.5) is 30.6 Å². The fourth-order valence-electron chi connectivity index (χ4n) is 2.15. The van der Waals surface area contributed by atoms with Gasteiger partial charge < -0.3 is 10.6 Å². The number of anilines is 3. The molecule has 0 aliphatic carbocycles. The average Bonchev–Trinajstić information content (AvgIpc) is 2.47. The molecule has 8 heteroatoms. The molecule has 1 aromatic carbocycles. The van der Waals surface area contributed by atoms with Gasteiger partial charge in [0.05, 0.1) is 10.6 Å². The van der Waals surface area contributed by atoms with Crippen molar-refractivity contribution in [3.8, 4) is 0 Å². The molecule has 0 radical (unpaired) electrons. The van der Waals surface area contributed by atoms with Crippen LogP contribution in [0.25, 0.3) is 0 Å². The van der Waals surface area contributed by atoms with Crippen molar-refractivity contribution in [1.82, 2.24) is 9.97 Å². The van der Waals surface area contributed by atoms with Crippen molar-refractivity contribution < 1.29 is 13.2 Å². The summed E-state index contributed by atoms with van der Waals surface area (Å²) in [5, 5.41) is 5.65. The molecule has 0 fully saturated rings. The second kappa shape index (κ2) is 7.91. The lowest BCUT2D eigenvalue weighted by Crippen LogP contribution is -2.09. The fourth-order valence-corrected chi connectivity index (χ4v) is 2.38. The third kappa shape index (κ3) is 5.77. The first-order valence-electron chi connectivity index (χ1n) is 7.88. The van der Waals surface area contributed by atoms with E-state index in [0.717, 1.165) is 19.0 Å². The van der Waals surface area contributed by atoms with E-state index in [1.807, 2.05) is 0 Å². The number of alkyl halides is 3. The summed E-state index contributed by atoms with van der Waals surface area (Å²) in [5.41, 5.74) is 0.0205. The molecule has 2 aromatic rings. The number of rotatable bonds is 6. The highest BCUT2D eigenvalue weighted by Crippen LogP contribution is 2.36. The Balaban J connectivity index is 2.18. The fraction of sp³-hybridized carbons (Fsp3) is 0.412. The van der Waals surface area contributed by atoms with E-state index in [4.69, 9.17) is 11.6 Å². The molecule has 0 unspecified atom stereocenters. The topological polar surface area (TPSA) is 49.8 Å². The van der Waals surface area contributed by atoms with Crippen molar-refractivity contribution in [2.45, 2.75) is 33.4 Å². The Morgan fingerprint density at radius 2 is 1.88 bits per heavy atom. The van der Waals surface area contributed by atoms with Crippen LogP contribution >= 0.6 is 11.6 Å². The maximum Gasteiger partial charge on any atom is 0.417 e. The highest BCUT2D eigenvalue weighted by molar-refractivity contribution is 6.31. The molecular formula is C17H20ClF3N4. The van der Waals surface area contributed by atoms with E-state index in [2.05, 4.69) is 34.4 Å². The van der Waals surface area contributed by atoms with Gasteiger partial charge in [-0.3, -0.25) is 0 Å². The molecule has 0 saturated heterocycles. The monoisotopic (exact) mass is 372 g/mol. The normalized spacial score (nSPS) is 11.7. The molecule has 2 rings (SSSR count). The van der Waals surface area contributed by atoms with Gasteiger partial charge in [-0.2, -0.15) is 18.2 Å². The molecule has 4 nitrogen and oxygen atoms in total. The van der Waals surface area contributed by atoms with Crippen LogP contribution in [0.15, 0.2) is 24.3 Å². The largest absolute Gasteiger partial charge is 0.417 e. The summed E-state index contributed by atoms with van der Waals surface area (Å²) in [6.45, 7) is 6.80. The molecule has 0 aliphatic rings. The Morgan fingerprint density at radius 3 is 2.52 bits per heavy atom. The summed E-state index contributed by atoms with van der Waals surface area (Å²) < 4.78 is 38.8. The minimum atomic E-state index is -4.52. The Morgan fingerprint density at radius 1 is 1.16 bits per heavy atom. The van der Waals surface area contributed by atoms with Crippen LogP contribution in [0.5, 0.6) is 0 Å². The van der Waals surface area contributed by atoms with Gasteiger partial charge in [0.1, 0.15) is 5.82 Å². The van der Waals surface area contributed by atoms with Crippen molar-refractivity contribution >= 4 is 29.1 Å². The van der Waals surface area contributed by atoms with E-state index < -0.39 is 11.7 Å². The highest BCUT2D eigenvalue weighted by atomic mass is 35.5. The average molecular weight is 373 g/mol. The third-order valence-electron chi connectivity index (χ3n) is 3.41. The van der Waals surface area contributed by atoms with Gasteiger partial charge in [0.15, 0.2) is 0 Å². The second-order valence-corrected chi connectivity index (χ2v) is 6.55. The molecule has 136 valence electrons. The molecule has 25 heavy (non-hydrogen) atoms. The van der Waals surface area contributed by atoms with Crippen molar-refractivity contribution in [1.29, 1.82) is 0 Å². The van der Waals surface area contributed by atoms with Gasteiger partial charge >= 0.3 is 6.18 Å². The Bertz CT molecular complexity index is 732. The maximum absolute atomic E-state index is 12.9. The summed E-state index contributed by atoms with van der Waals surface area (Å²) in [7, 11) is 0. The first-order chi connectivity index (χ1) is 11.6. The standard InChI is InChI=1S/C17H20ClF3N4/c1-10(2)6-7-22-15-8-11(3)23-16(25-15)24-12-4-5-14(18)13(9-12)17(19,20)21/h4-5,8-10H,6-7H2,1-3H3,(H2,22,23,24,25). The van der Waals surface area contributed by atoms with Gasteiger partial charge in [0, 0.05) is 24.0 Å². The van der Waals surface area contributed by atoms with E-state index in [0.29, 0.717) is 17.4 Å². The van der Waals surface area contributed by atoms with Gasteiger partial charge in [0.2, 0.25) is 5.95 Å². The number of halogens is 4. The first kappa shape index (κ1) is 19.3. The van der Waals surface area contributed by atoms with Crippen LogP contribution in [-0.2, 0) is 6.18 Å². The Kier molecular flexibility index (Phi) is 6.11. The van der Waals surface area contributed by atoms with Crippen LogP contribution in [0, 0.1) is 12.8 Å². The molecule has 0 amide bonds. The number of nitrogens with one attached hydrogen (secondary N) is 2. The minimum Gasteiger partial charge on any atom is -0.370 e. The Hall–Kier alpha value is -2.02. The van der Waals surface area contributed by atoms with Gasteiger partial charge in [-0.1, -0.05) is 25.4 Å². The molecule has 0 bridgehead atoms. The van der Waals surface area contributed by atoms with E-state index >= 15 is 0 Å². The van der Waals surface area contributed by atoms with Crippen LogP contribution in [-0.4, -0.2) is 16.5 Å². The number of aromatic nitrogens is 2. The van der Waals surface area contributed by atoms with E-state index in [1.54, 1.807) is 13.0 Å². The summed E-state index contributed by atoms with van der Waals surface area (Å²) in [6.07, 6.45) is -3.54. The van der Waals surface area contributed by atoms with Crippen molar-refractivity contribution in [3.05, 3.63) is 40.5 Å². The van der Waals surface area contributed by atoms with Crippen molar-refractivity contribution in [3.63, 3.8) is 0 Å². The third-order valence-corrected chi connectivity index (χ3v) is 3.74. The minimum absolute atomic E-state index is 0.218. The molecule has 1 aromatic heterocycles. The summed E-state index contributed by atoms with van der Waals surface area (Å²) in [5.74, 6) is 1.41. The van der Waals surface area contributed by atoms with E-state index in [1.165, 1.54) is 12.1 Å². The van der Waals surface area contributed by atoms with Gasteiger partial charge in [-0.05, 0) is 37.5 Å². The lowest BCUT2D eigenvalue weighted by atomic mass is 10.1. The lowest BCUT2D eigenvalue weighted by Gasteiger charge is -2.13. The molecule has 1 heterocycles. The quantitative estimate of drug-likeness (QED) is 0.687. The number of nitrogens with zero attached hydrogens (tertiary/aromatic N) is 2. The van der Waals surface area contributed by atoms with Gasteiger partial charge in [0.25, 0.3) is 0 Å². The zero-order valence-corrected chi connectivity index (χ0v) is 15.0. The van der Waals surface area contributed by atoms with E-state index in [9.17, 15) is 13.2 Å².